The lowest BCUT2D eigenvalue weighted by molar-refractivity contribution is 0.393. The average molecular weight is 298 g/mol. The van der Waals surface area contributed by atoms with E-state index in [0.29, 0.717) is 17.4 Å². The Morgan fingerprint density at radius 3 is 2.20 bits per heavy atom. The standard InChI is InChI=1S/C15H26N2O2S/c1-6-12(2)11-17(5)20(18,19)15-9-7-14(8-10-15)13(3)16-4/h7-10,12-13,16H,6,11H2,1-5H3. The minimum absolute atomic E-state index is 0.213. The van der Waals surface area contributed by atoms with Crippen LogP contribution in [0.25, 0.3) is 0 Å². The van der Waals surface area contributed by atoms with Crippen LogP contribution < -0.4 is 5.32 Å². The second-order valence-electron chi connectivity index (χ2n) is 5.38. The predicted molar refractivity (Wildman–Crippen MR) is 83.2 cm³/mol. The van der Waals surface area contributed by atoms with Gasteiger partial charge in [0.1, 0.15) is 0 Å². The zero-order chi connectivity index (χ0) is 15.3. The van der Waals surface area contributed by atoms with Crippen molar-refractivity contribution in [3.05, 3.63) is 29.8 Å². The zero-order valence-corrected chi connectivity index (χ0v) is 13.9. The fraction of sp³-hybridized carbons (Fsp3) is 0.600. The molecule has 1 aromatic rings. The van der Waals surface area contributed by atoms with Crippen molar-refractivity contribution in [2.45, 2.75) is 38.1 Å². The van der Waals surface area contributed by atoms with E-state index in [2.05, 4.69) is 19.2 Å². The Balaban J connectivity index is 2.92. The van der Waals surface area contributed by atoms with Gasteiger partial charge in [0.25, 0.3) is 0 Å². The average Bonchev–Trinajstić information content (AvgIpc) is 2.46. The summed E-state index contributed by atoms with van der Waals surface area (Å²) in [6, 6.07) is 7.32. The van der Waals surface area contributed by atoms with E-state index >= 15 is 0 Å². The quantitative estimate of drug-likeness (QED) is 0.842. The first kappa shape index (κ1) is 17.1. The molecular formula is C15H26N2O2S. The largest absolute Gasteiger partial charge is 0.313 e. The molecule has 0 saturated heterocycles. The number of hydrogen-bond acceptors (Lipinski definition) is 3. The number of nitrogens with zero attached hydrogens (tertiary/aromatic N) is 1. The van der Waals surface area contributed by atoms with Gasteiger partial charge in [0.2, 0.25) is 10.0 Å². The van der Waals surface area contributed by atoms with Crippen LogP contribution in [-0.4, -0.2) is 33.4 Å². The van der Waals surface area contributed by atoms with Crippen LogP contribution in [0, 0.1) is 5.92 Å². The highest BCUT2D eigenvalue weighted by Gasteiger charge is 2.22. The fourth-order valence-electron chi connectivity index (χ4n) is 1.94. The van der Waals surface area contributed by atoms with Crippen LogP contribution >= 0.6 is 0 Å². The van der Waals surface area contributed by atoms with Crippen molar-refractivity contribution >= 4 is 10.0 Å². The molecule has 2 atom stereocenters. The van der Waals surface area contributed by atoms with E-state index < -0.39 is 10.0 Å². The molecule has 0 radical (unpaired) electrons. The van der Waals surface area contributed by atoms with Gasteiger partial charge in [0.05, 0.1) is 4.90 Å². The van der Waals surface area contributed by atoms with Crippen LogP contribution in [0.1, 0.15) is 38.8 Å². The van der Waals surface area contributed by atoms with Crippen molar-refractivity contribution in [1.82, 2.24) is 9.62 Å². The number of benzene rings is 1. The number of sulfonamides is 1. The van der Waals surface area contributed by atoms with Gasteiger partial charge in [-0.25, -0.2) is 12.7 Å². The van der Waals surface area contributed by atoms with Crippen LogP contribution in [0.3, 0.4) is 0 Å². The summed E-state index contributed by atoms with van der Waals surface area (Å²) < 4.78 is 26.3. The normalized spacial score (nSPS) is 15.3. The van der Waals surface area contributed by atoms with Crippen LogP contribution in [0.15, 0.2) is 29.2 Å². The lowest BCUT2D eigenvalue weighted by Crippen LogP contribution is -2.31. The summed E-state index contributed by atoms with van der Waals surface area (Å²) in [6.07, 6.45) is 0.971. The van der Waals surface area contributed by atoms with E-state index in [1.54, 1.807) is 19.2 Å². The Bertz CT molecular complexity index is 511. The SMILES string of the molecule is CCC(C)CN(C)S(=O)(=O)c1ccc(C(C)NC)cc1. The van der Waals surface area contributed by atoms with Gasteiger partial charge < -0.3 is 5.32 Å². The molecule has 0 aromatic heterocycles. The molecule has 1 N–H and O–H groups in total. The smallest absolute Gasteiger partial charge is 0.242 e. The summed E-state index contributed by atoms with van der Waals surface area (Å²) in [4.78, 5) is 0.357. The Labute approximate surface area is 123 Å². The van der Waals surface area contributed by atoms with Crippen LogP contribution in [0.5, 0.6) is 0 Å². The maximum Gasteiger partial charge on any atom is 0.242 e. The molecule has 0 aliphatic heterocycles. The van der Waals surface area contributed by atoms with Gasteiger partial charge in [0.15, 0.2) is 0 Å². The van der Waals surface area contributed by atoms with Crippen LogP contribution in [-0.2, 0) is 10.0 Å². The summed E-state index contributed by atoms with van der Waals surface area (Å²) >= 11 is 0. The Hall–Kier alpha value is -0.910. The maximum atomic E-state index is 12.4. The topological polar surface area (TPSA) is 49.4 Å². The van der Waals surface area contributed by atoms with Crippen LogP contribution in [0.2, 0.25) is 0 Å². The molecule has 0 fully saturated rings. The zero-order valence-electron chi connectivity index (χ0n) is 13.1. The van der Waals surface area contributed by atoms with E-state index in [4.69, 9.17) is 0 Å². The highest BCUT2D eigenvalue weighted by Crippen LogP contribution is 2.19. The highest BCUT2D eigenvalue weighted by molar-refractivity contribution is 7.89. The molecule has 114 valence electrons. The highest BCUT2D eigenvalue weighted by atomic mass is 32.2. The van der Waals surface area contributed by atoms with Crippen molar-refractivity contribution in [1.29, 1.82) is 0 Å². The summed E-state index contributed by atoms with van der Waals surface area (Å²) in [5, 5.41) is 3.14. The Morgan fingerprint density at radius 2 is 1.75 bits per heavy atom. The molecule has 4 nitrogen and oxygen atoms in total. The third kappa shape index (κ3) is 4.04. The van der Waals surface area contributed by atoms with Crippen molar-refractivity contribution < 1.29 is 8.42 Å². The summed E-state index contributed by atoms with van der Waals surface area (Å²) in [5.74, 6) is 0.360. The van der Waals surface area contributed by atoms with Crippen molar-refractivity contribution in [2.24, 2.45) is 5.92 Å². The van der Waals surface area contributed by atoms with Gasteiger partial charge in [-0.1, -0.05) is 32.4 Å². The molecule has 1 aromatic carbocycles. The Morgan fingerprint density at radius 1 is 1.20 bits per heavy atom. The number of rotatable bonds is 7. The summed E-state index contributed by atoms with van der Waals surface area (Å²) in [6.45, 7) is 6.72. The first-order chi connectivity index (χ1) is 9.32. The fourth-order valence-corrected chi connectivity index (χ4v) is 3.23. The second kappa shape index (κ2) is 7.20. The summed E-state index contributed by atoms with van der Waals surface area (Å²) in [7, 11) is 0.148. The molecular weight excluding hydrogens is 272 g/mol. The minimum atomic E-state index is -3.38. The molecule has 20 heavy (non-hydrogen) atoms. The number of hydrogen-bond donors (Lipinski definition) is 1. The summed E-state index contributed by atoms with van der Waals surface area (Å²) in [5.41, 5.74) is 1.08. The molecule has 2 unspecified atom stereocenters. The van der Waals surface area contributed by atoms with E-state index in [1.165, 1.54) is 4.31 Å². The molecule has 0 aliphatic rings. The first-order valence-corrected chi connectivity index (χ1v) is 8.50. The molecule has 0 amide bonds. The lowest BCUT2D eigenvalue weighted by atomic mass is 10.1. The molecule has 1 rings (SSSR count). The minimum Gasteiger partial charge on any atom is -0.313 e. The molecule has 0 spiro atoms. The van der Waals surface area contributed by atoms with Gasteiger partial charge in [-0.15, -0.1) is 0 Å². The molecule has 0 bridgehead atoms. The third-order valence-corrected chi connectivity index (χ3v) is 5.62. The monoisotopic (exact) mass is 298 g/mol. The molecule has 0 aliphatic carbocycles. The second-order valence-corrected chi connectivity index (χ2v) is 7.42. The third-order valence-electron chi connectivity index (χ3n) is 3.79. The maximum absolute atomic E-state index is 12.4. The molecule has 0 heterocycles. The van der Waals surface area contributed by atoms with E-state index in [0.717, 1.165) is 12.0 Å². The van der Waals surface area contributed by atoms with Gasteiger partial charge in [-0.2, -0.15) is 0 Å². The molecule has 0 saturated carbocycles. The predicted octanol–water partition coefficient (Wildman–Crippen LogP) is 2.63. The van der Waals surface area contributed by atoms with Crippen molar-refractivity contribution in [3.8, 4) is 0 Å². The van der Waals surface area contributed by atoms with Gasteiger partial charge in [0, 0.05) is 19.6 Å². The van der Waals surface area contributed by atoms with E-state index in [1.807, 2.05) is 26.1 Å². The van der Waals surface area contributed by atoms with E-state index in [-0.39, 0.29) is 6.04 Å². The van der Waals surface area contributed by atoms with E-state index in [9.17, 15) is 8.42 Å². The van der Waals surface area contributed by atoms with Crippen molar-refractivity contribution in [2.75, 3.05) is 20.6 Å². The first-order valence-electron chi connectivity index (χ1n) is 7.06. The molecule has 5 heteroatoms. The lowest BCUT2D eigenvalue weighted by Gasteiger charge is -2.21. The van der Waals surface area contributed by atoms with Gasteiger partial charge in [-0.3, -0.25) is 0 Å². The van der Waals surface area contributed by atoms with Crippen molar-refractivity contribution in [3.63, 3.8) is 0 Å². The van der Waals surface area contributed by atoms with Gasteiger partial charge >= 0.3 is 0 Å². The Kier molecular flexibility index (Phi) is 6.17. The van der Waals surface area contributed by atoms with Crippen LogP contribution in [0.4, 0.5) is 0 Å². The van der Waals surface area contributed by atoms with Gasteiger partial charge in [-0.05, 0) is 37.6 Å². The number of nitrogens with one attached hydrogen (secondary N) is 1.